The first-order chi connectivity index (χ1) is 9.79. The summed E-state index contributed by atoms with van der Waals surface area (Å²) in [6.07, 6.45) is 7.88. The quantitative estimate of drug-likeness (QED) is 0.573. The van der Waals surface area contributed by atoms with Gasteiger partial charge in [0.1, 0.15) is 5.78 Å². The Morgan fingerprint density at radius 3 is 2.80 bits per heavy atom. The Bertz CT molecular complexity index is 528. The summed E-state index contributed by atoms with van der Waals surface area (Å²) in [5, 5.41) is 0. The van der Waals surface area contributed by atoms with Crippen LogP contribution in [0.4, 0.5) is 0 Å². The zero-order valence-corrected chi connectivity index (χ0v) is 12.2. The largest absolute Gasteiger partial charge is 0.300 e. The summed E-state index contributed by atoms with van der Waals surface area (Å²) >= 11 is 0. The maximum atomic E-state index is 11.4. The number of benzene rings is 1. The molecule has 1 unspecified atom stereocenters. The summed E-state index contributed by atoms with van der Waals surface area (Å²) in [7, 11) is 0. The molecule has 1 aromatic carbocycles. The standard InChI is InChI=1S/C19H22O/c1-2-3-4-6-11-18(17-9-7-5-8-10-17)14-16-12-13-19(20)15-16/h5,7-10,14,16H,2-4,12-13,15H2,1H3/b18-14-. The van der Waals surface area contributed by atoms with E-state index in [2.05, 4.69) is 37.0 Å². The third-order valence-corrected chi connectivity index (χ3v) is 3.65. The molecule has 1 saturated carbocycles. The van der Waals surface area contributed by atoms with Crippen LogP contribution in [0.25, 0.3) is 5.57 Å². The highest BCUT2D eigenvalue weighted by atomic mass is 16.1. The molecule has 0 N–H and O–H groups in total. The van der Waals surface area contributed by atoms with Crippen LogP contribution in [0.1, 0.15) is 51.0 Å². The lowest BCUT2D eigenvalue weighted by Crippen LogP contribution is -1.93. The minimum absolute atomic E-state index is 0.373. The second kappa shape index (κ2) is 7.70. The summed E-state index contributed by atoms with van der Waals surface area (Å²) < 4.78 is 0. The zero-order valence-electron chi connectivity index (χ0n) is 12.2. The van der Waals surface area contributed by atoms with Crippen LogP contribution in [0.3, 0.4) is 0 Å². The van der Waals surface area contributed by atoms with E-state index in [0.717, 1.165) is 36.8 Å². The van der Waals surface area contributed by atoms with Crippen molar-refractivity contribution in [1.29, 1.82) is 0 Å². The van der Waals surface area contributed by atoms with Gasteiger partial charge in [0.25, 0.3) is 0 Å². The van der Waals surface area contributed by atoms with Crippen molar-refractivity contribution >= 4 is 11.4 Å². The molecule has 0 aliphatic heterocycles. The van der Waals surface area contributed by atoms with Gasteiger partial charge in [-0.3, -0.25) is 4.79 Å². The molecule has 20 heavy (non-hydrogen) atoms. The van der Waals surface area contributed by atoms with Crippen molar-refractivity contribution in [2.45, 2.75) is 45.4 Å². The molecule has 1 heteroatoms. The maximum absolute atomic E-state index is 11.4. The van der Waals surface area contributed by atoms with Gasteiger partial charge in [0.2, 0.25) is 0 Å². The van der Waals surface area contributed by atoms with Gasteiger partial charge in [-0.1, -0.05) is 61.6 Å². The lowest BCUT2D eigenvalue weighted by Gasteiger charge is -2.05. The van der Waals surface area contributed by atoms with Crippen LogP contribution >= 0.6 is 0 Å². The van der Waals surface area contributed by atoms with Crippen LogP contribution in [-0.4, -0.2) is 5.78 Å². The molecule has 1 atom stereocenters. The summed E-state index contributed by atoms with van der Waals surface area (Å²) in [5.41, 5.74) is 2.25. The number of Topliss-reactive ketones (excluding diaryl/α,β-unsaturated/α-hetero) is 1. The van der Waals surface area contributed by atoms with E-state index in [1.165, 1.54) is 6.42 Å². The van der Waals surface area contributed by atoms with Crippen molar-refractivity contribution in [2.75, 3.05) is 0 Å². The molecule has 0 amide bonds. The topological polar surface area (TPSA) is 17.1 Å². The molecule has 1 aromatic rings. The number of allylic oxidation sites excluding steroid dienone is 2. The van der Waals surface area contributed by atoms with Crippen molar-refractivity contribution in [3.63, 3.8) is 0 Å². The molecule has 0 radical (unpaired) electrons. The smallest absolute Gasteiger partial charge is 0.133 e. The third kappa shape index (κ3) is 4.38. The van der Waals surface area contributed by atoms with Gasteiger partial charge in [-0.2, -0.15) is 0 Å². The minimum atomic E-state index is 0.373. The van der Waals surface area contributed by atoms with Crippen LogP contribution in [-0.2, 0) is 4.79 Å². The molecular formula is C19H22O. The SMILES string of the molecule is CCCCC#C/C(=C/C1CCC(=O)C1)c1ccccc1. The summed E-state index contributed by atoms with van der Waals surface area (Å²) in [5.74, 6) is 7.34. The van der Waals surface area contributed by atoms with Gasteiger partial charge < -0.3 is 0 Å². The Morgan fingerprint density at radius 1 is 1.35 bits per heavy atom. The molecule has 0 heterocycles. The molecule has 0 saturated heterocycles. The van der Waals surface area contributed by atoms with Crippen molar-refractivity contribution in [1.82, 2.24) is 0 Å². The Morgan fingerprint density at radius 2 is 2.15 bits per heavy atom. The Hall–Kier alpha value is -1.81. The fraction of sp³-hybridized carbons (Fsp3) is 0.421. The molecule has 1 aliphatic rings. The van der Waals surface area contributed by atoms with E-state index in [4.69, 9.17) is 0 Å². The maximum Gasteiger partial charge on any atom is 0.133 e. The number of ketones is 1. The monoisotopic (exact) mass is 266 g/mol. The van der Waals surface area contributed by atoms with Gasteiger partial charge in [-0.15, -0.1) is 0 Å². The molecule has 0 spiro atoms. The van der Waals surface area contributed by atoms with E-state index in [1.807, 2.05) is 18.2 Å². The van der Waals surface area contributed by atoms with Crippen LogP contribution in [0.5, 0.6) is 0 Å². The lowest BCUT2D eigenvalue weighted by molar-refractivity contribution is -0.117. The van der Waals surface area contributed by atoms with E-state index in [0.29, 0.717) is 18.1 Å². The summed E-state index contributed by atoms with van der Waals surface area (Å²) in [6.45, 7) is 2.18. The molecule has 0 bridgehead atoms. The second-order valence-corrected chi connectivity index (χ2v) is 5.39. The van der Waals surface area contributed by atoms with Gasteiger partial charge in [0.15, 0.2) is 0 Å². The second-order valence-electron chi connectivity index (χ2n) is 5.39. The van der Waals surface area contributed by atoms with E-state index in [9.17, 15) is 4.79 Å². The van der Waals surface area contributed by atoms with Gasteiger partial charge in [0.05, 0.1) is 0 Å². The predicted molar refractivity (Wildman–Crippen MR) is 84.1 cm³/mol. The van der Waals surface area contributed by atoms with E-state index >= 15 is 0 Å². The van der Waals surface area contributed by atoms with Crippen LogP contribution in [0, 0.1) is 17.8 Å². The van der Waals surface area contributed by atoms with Gasteiger partial charge in [0, 0.05) is 24.8 Å². The van der Waals surface area contributed by atoms with E-state index in [-0.39, 0.29) is 0 Å². The van der Waals surface area contributed by atoms with Crippen LogP contribution < -0.4 is 0 Å². The van der Waals surface area contributed by atoms with Crippen LogP contribution in [0.2, 0.25) is 0 Å². The van der Waals surface area contributed by atoms with Gasteiger partial charge in [-0.25, -0.2) is 0 Å². The molecule has 1 aliphatic carbocycles. The first kappa shape index (κ1) is 14.6. The normalized spacial score (nSPS) is 18.8. The Balaban J connectivity index is 2.17. The molecule has 1 fully saturated rings. The predicted octanol–water partition coefficient (Wildman–Crippen LogP) is 4.63. The highest BCUT2D eigenvalue weighted by Crippen LogP contribution is 2.26. The number of rotatable bonds is 4. The number of hydrogen-bond donors (Lipinski definition) is 0. The molecular weight excluding hydrogens is 244 g/mol. The Labute approximate surface area is 122 Å². The number of hydrogen-bond acceptors (Lipinski definition) is 1. The zero-order chi connectivity index (χ0) is 14.2. The first-order valence-electron chi connectivity index (χ1n) is 7.57. The summed E-state index contributed by atoms with van der Waals surface area (Å²) in [4.78, 5) is 11.4. The van der Waals surface area contributed by atoms with Gasteiger partial charge >= 0.3 is 0 Å². The highest BCUT2D eigenvalue weighted by Gasteiger charge is 2.20. The molecule has 104 valence electrons. The third-order valence-electron chi connectivity index (χ3n) is 3.65. The molecule has 0 aromatic heterocycles. The highest BCUT2D eigenvalue weighted by molar-refractivity contribution is 5.83. The van der Waals surface area contributed by atoms with Crippen molar-refractivity contribution in [2.24, 2.45) is 5.92 Å². The number of carbonyl (C=O) groups excluding carboxylic acids is 1. The van der Waals surface area contributed by atoms with E-state index in [1.54, 1.807) is 0 Å². The van der Waals surface area contributed by atoms with Crippen molar-refractivity contribution in [3.05, 3.63) is 42.0 Å². The average molecular weight is 266 g/mol. The lowest BCUT2D eigenvalue weighted by atomic mass is 9.99. The van der Waals surface area contributed by atoms with Crippen molar-refractivity contribution < 1.29 is 4.79 Å². The fourth-order valence-electron chi connectivity index (χ4n) is 2.47. The van der Waals surface area contributed by atoms with E-state index < -0.39 is 0 Å². The molecule has 1 nitrogen and oxygen atoms in total. The Kier molecular flexibility index (Phi) is 5.62. The minimum Gasteiger partial charge on any atom is -0.300 e. The van der Waals surface area contributed by atoms with Crippen molar-refractivity contribution in [3.8, 4) is 11.8 Å². The first-order valence-corrected chi connectivity index (χ1v) is 7.57. The van der Waals surface area contributed by atoms with Gasteiger partial charge in [-0.05, 0) is 24.3 Å². The number of carbonyl (C=O) groups is 1. The fourth-order valence-corrected chi connectivity index (χ4v) is 2.47. The molecule has 2 rings (SSSR count). The average Bonchev–Trinajstić information content (AvgIpc) is 2.88. The summed E-state index contributed by atoms with van der Waals surface area (Å²) in [6, 6.07) is 10.3. The number of unbranched alkanes of at least 4 members (excludes halogenated alkanes) is 2. The van der Waals surface area contributed by atoms with Crippen LogP contribution in [0.15, 0.2) is 36.4 Å².